The highest BCUT2D eigenvalue weighted by molar-refractivity contribution is 5.70. The predicted molar refractivity (Wildman–Crippen MR) is 166 cm³/mol. The van der Waals surface area contributed by atoms with Crippen LogP contribution in [-0.4, -0.2) is 0 Å². The Kier molecular flexibility index (Phi) is 19.2. The molecule has 1 radical (unpaired) electrons. The molecule has 0 unspecified atom stereocenters. The fourth-order valence-corrected chi connectivity index (χ4v) is 5.70. The van der Waals surface area contributed by atoms with Crippen molar-refractivity contribution in [2.45, 2.75) is 162 Å². The largest absolute Gasteiger partial charge is 0.0654 e. The summed E-state index contributed by atoms with van der Waals surface area (Å²) in [6, 6.07) is 19.4. The number of hydrogen-bond acceptors (Lipinski definition) is 0. The average molecular weight is 504 g/mol. The fraction of sp³-hybridized carbons (Fsp3) is 0.676. The summed E-state index contributed by atoms with van der Waals surface area (Å²) in [5.74, 6) is 0. The summed E-state index contributed by atoms with van der Waals surface area (Å²) < 4.78 is 0. The van der Waals surface area contributed by atoms with Crippen molar-refractivity contribution in [3.05, 3.63) is 59.7 Å². The van der Waals surface area contributed by atoms with Gasteiger partial charge in [-0.1, -0.05) is 178 Å². The summed E-state index contributed by atoms with van der Waals surface area (Å²) in [6.45, 7) is 4.60. The zero-order valence-corrected chi connectivity index (χ0v) is 24.8. The van der Waals surface area contributed by atoms with Crippen molar-refractivity contribution >= 4 is 0 Å². The Bertz CT molecular complexity index is 773. The molecular weight excluding hydrogens is 444 g/mol. The smallest absolute Gasteiger partial charge is 0.0143 e. The van der Waals surface area contributed by atoms with Crippen molar-refractivity contribution in [3.8, 4) is 11.1 Å². The molecule has 2 aromatic carbocycles. The Morgan fingerprint density at radius 1 is 0.432 bits per heavy atom. The standard InChI is InChI=1S/C37H59/c1-3-5-7-9-11-13-15-17-19-21-23-29-35-31-25-27-33-37(35)36-32-26-24-30-34(36)28-22-20-18-16-14-12-10-8-6-4-2/h24-27,30,32-33H,3-23,28-29H2,1-2H3. The molecule has 37 heavy (non-hydrogen) atoms. The SMILES string of the molecule is CCCCCCCCCCCCCc1[c]cccc1-c1ccccc1CCCCCCCCCCCC. The van der Waals surface area contributed by atoms with Crippen LogP contribution in [0, 0.1) is 6.07 Å². The van der Waals surface area contributed by atoms with Crippen molar-refractivity contribution in [2.75, 3.05) is 0 Å². The second-order valence-corrected chi connectivity index (χ2v) is 11.4. The third kappa shape index (κ3) is 14.8. The van der Waals surface area contributed by atoms with E-state index in [9.17, 15) is 0 Å². The van der Waals surface area contributed by atoms with E-state index in [1.54, 1.807) is 0 Å². The summed E-state index contributed by atoms with van der Waals surface area (Å²) in [5, 5.41) is 0. The molecule has 0 bridgehead atoms. The second-order valence-electron chi connectivity index (χ2n) is 11.4. The molecule has 2 rings (SSSR count). The summed E-state index contributed by atoms with van der Waals surface area (Å²) in [5.41, 5.74) is 5.83. The van der Waals surface area contributed by atoms with E-state index in [0.29, 0.717) is 0 Å². The Labute approximate surface area is 232 Å². The Hall–Kier alpha value is -1.56. The highest BCUT2D eigenvalue weighted by Gasteiger charge is 2.09. The van der Waals surface area contributed by atoms with E-state index in [1.165, 1.54) is 170 Å². The van der Waals surface area contributed by atoms with E-state index in [2.05, 4.69) is 62.4 Å². The van der Waals surface area contributed by atoms with Gasteiger partial charge in [0.05, 0.1) is 0 Å². The molecule has 0 N–H and O–H groups in total. The normalized spacial score (nSPS) is 11.3. The predicted octanol–water partition coefficient (Wildman–Crippen LogP) is 12.5. The topological polar surface area (TPSA) is 0 Å². The van der Waals surface area contributed by atoms with Crippen LogP contribution < -0.4 is 0 Å². The van der Waals surface area contributed by atoms with Crippen LogP contribution >= 0.6 is 0 Å². The van der Waals surface area contributed by atoms with Gasteiger partial charge in [0.2, 0.25) is 0 Å². The molecule has 0 nitrogen and oxygen atoms in total. The fourth-order valence-electron chi connectivity index (χ4n) is 5.70. The summed E-state index contributed by atoms with van der Waals surface area (Å²) in [6.07, 6.45) is 31.8. The molecule has 2 aromatic rings. The lowest BCUT2D eigenvalue weighted by atomic mass is 9.90. The van der Waals surface area contributed by atoms with Crippen LogP contribution in [0.3, 0.4) is 0 Å². The van der Waals surface area contributed by atoms with Gasteiger partial charge in [0.15, 0.2) is 0 Å². The lowest BCUT2D eigenvalue weighted by Gasteiger charge is -2.14. The first kappa shape index (κ1) is 31.7. The van der Waals surface area contributed by atoms with E-state index < -0.39 is 0 Å². The monoisotopic (exact) mass is 503 g/mol. The van der Waals surface area contributed by atoms with E-state index in [-0.39, 0.29) is 0 Å². The van der Waals surface area contributed by atoms with Crippen LogP contribution in [0.15, 0.2) is 42.5 Å². The molecule has 0 saturated carbocycles. The molecule has 0 saturated heterocycles. The molecule has 0 fully saturated rings. The first-order chi connectivity index (χ1) is 18.4. The second kappa shape index (κ2) is 22.4. The van der Waals surface area contributed by atoms with Crippen LogP contribution in [-0.2, 0) is 12.8 Å². The minimum Gasteiger partial charge on any atom is -0.0654 e. The maximum absolute atomic E-state index is 3.61. The molecule has 0 heteroatoms. The van der Waals surface area contributed by atoms with Gasteiger partial charge in [-0.15, -0.1) is 0 Å². The number of hydrogen-bond donors (Lipinski definition) is 0. The van der Waals surface area contributed by atoms with Crippen molar-refractivity contribution in [1.82, 2.24) is 0 Å². The zero-order chi connectivity index (χ0) is 26.2. The molecule has 0 aliphatic rings. The average Bonchev–Trinajstić information content (AvgIpc) is 2.93. The highest BCUT2D eigenvalue weighted by atomic mass is 14.1. The van der Waals surface area contributed by atoms with Gasteiger partial charge in [-0.05, 0) is 54.0 Å². The van der Waals surface area contributed by atoms with Gasteiger partial charge in [-0.25, -0.2) is 0 Å². The quantitative estimate of drug-likeness (QED) is 0.125. The van der Waals surface area contributed by atoms with Crippen LogP contribution in [0.4, 0.5) is 0 Å². The lowest BCUT2D eigenvalue weighted by Crippen LogP contribution is -1.96. The third-order valence-corrected chi connectivity index (χ3v) is 8.08. The molecular formula is C37H59. The van der Waals surface area contributed by atoms with Crippen molar-refractivity contribution in [1.29, 1.82) is 0 Å². The number of benzene rings is 2. The molecule has 0 aliphatic heterocycles. The van der Waals surface area contributed by atoms with Gasteiger partial charge >= 0.3 is 0 Å². The molecule has 0 aliphatic carbocycles. The van der Waals surface area contributed by atoms with E-state index in [4.69, 9.17) is 0 Å². The molecule has 0 amide bonds. The molecule has 207 valence electrons. The zero-order valence-electron chi connectivity index (χ0n) is 24.8. The van der Waals surface area contributed by atoms with Crippen LogP contribution in [0.1, 0.15) is 160 Å². The van der Waals surface area contributed by atoms with Crippen molar-refractivity contribution < 1.29 is 0 Å². The minimum atomic E-state index is 1.17. The molecule has 0 atom stereocenters. The number of rotatable bonds is 24. The number of unbranched alkanes of at least 4 members (excludes halogenated alkanes) is 19. The summed E-state index contributed by atoms with van der Waals surface area (Å²) in [7, 11) is 0. The van der Waals surface area contributed by atoms with Crippen molar-refractivity contribution in [3.63, 3.8) is 0 Å². The summed E-state index contributed by atoms with van der Waals surface area (Å²) in [4.78, 5) is 0. The maximum Gasteiger partial charge on any atom is -0.0143 e. The van der Waals surface area contributed by atoms with E-state index in [1.807, 2.05) is 0 Å². The lowest BCUT2D eigenvalue weighted by molar-refractivity contribution is 0.549. The van der Waals surface area contributed by atoms with Gasteiger partial charge in [0.25, 0.3) is 0 Å². The molecule has 0 heterocycles. The van der Waals surface area contributed by atoms with Gasteiger partial charge in [-0.2, -0.15) is 0 Å². The Morgan fingerprint density at radius 2 is 0.865 bits per heavy atom. The first-order valence-electron chi connectivity index (χ1n) is 16.4. The van der Waals surface area contributed by atoms with Gasteiger partial charge in [0, 0.05) is 0 Å². The minimum absolute atomic E-state index is 1.17. The van der Waals surface area contributed by atoms with E-state index in [0.717, 1.165) is 0 Å². The van der Waals surface area contributed by atoms with Gasteiger partial charge < -0.3 is 0 Å². The van der Waals surface area contributed by atoms with Gasteiger partial charge in [-0.3, -0.25) is 0 Å². The van der Waals surface area contributed by atoms with E-state index >= 15 is 0 Å². The van der Waals surface area contributed by atoms with Crippen LogP contribution in [0.5, 0.6) is 0 Å². The molecule has 0 aromatic heterocycles. The summed E-state index contributed by atoms with van der Waals surface area (Å²) >= 11 is 0. The Morgan fingerprint density at radius 3 is 1.41 bits per heavy atom. The maximum atomic E-state index is 3.61. The Balaban J connectivity index is 1.69. The van der Waals surface area contributed by atoms with Crippen molar-refractivity contribution in [2.24, 2.45) is 0 Å². The molecule has 0 spiro atoms. The van der Waals surface area contributed by atoms with Crippen LogP contribution in [0.2, 0.25) is 0 Å². The highest BCUT2D eigenvalue weighted by Crippen LogP contribution is 2.29. The number of aryl methyl sites for hydroxylation is 2. The van der Waals surface area contributed by atoms with Gasteiger partial charge in [0.1, 0.15) is 0 Å². The van der Waals surface area contributed by atoms with Crippen LogP contribution in [0.25, 0.3) is 11.1 Å². The third-order valence-electron chi connectivity index (χ3n) is 8.08. The first-order valence-corrected chi connectivity index (χ1v) is 16.4.